The van der Waals surface area contributed by atoms with Crippen LogP contribution >= 0.6 is 11.6 Å². The van der Waals surface area contributed by atoms with Gasteiger partial charge in [0.05, 0.1) is 23.3 Å². The monoisotopic (exact) mass is 237 g/mol. The van der Waals surface area contributed by atoms with Gasteiger partial charge in [0.25, 0.3) is 0 Å². The zero-order chi connectivity index (χ0) is 11.9. The van der Waals surface area contributed by atoms with Crippen molar-refractivity contribution < 1.29 is 9.53 Å². The quantitative estimate of drug-likeness (QED) is 0.752. The number of fused-ring (bicyclic) bond motifs is 1. The molecule has 0 saturated heterocycles. The lowest BCUT2D eigenvalue weighted by Crippen LogP contribution is -2.00. The van der Waals surface area contributed by atoms with E-state index in [2.05, 4.69) is 0 Å². The summed E-state index contributed by atoms with van der Waals surface area (Å²) in [6.45, 7) is 1.54. The lowest BCUT2D eigenvalue weighted by atomic mass is 10.2. The van der Waals surface area contributed by atoms with Crippen LogP contribution in [-0.2, 0) is 7.05 Å². The molecule has 1 aromatic heterocycles. The van der Waals surface area contributed by atoms with E-state index in [9.17, 15) is 4.79 Å². The molecule has 0 fully saturated rings. The molecule has 0 amide bonds. The molecule has 2 rings (SSSR count). The highest BCUT2D eigenvalue weighted by atomic mass is 35.5. The Bertz CT molecular complexity index is 572. The van der Waals surface area contributed by atoms with Gasteiger partial charge in [-0.25, -0.2) is 0 Å². The molecule has 16 heavy (non-hydrogen) atoms. The fourth-order valence-corrected chi connectivity index (χ4v) is 2.14. The smallest absolute Gasteiger partial charge is 0.176 e. The lowest BCUT2D eigenvalue weighted by molar-refractivity contribution is 0.101. The third-order valence-electron chi connectivity index (χ3n) is 2.71. The maximum atomic E-state index is 11.4. The maximum absolute atomic E-state index is 11.4. The molecule has 0 spiro atoms. The number of Topliss-reactive ketones (excluding diaryl/α,β-unsaturated/α-hetero) is 1. The fraction of sp³-hybridized carbons (Fsp3) is 0.250. The number of ketones is 1. The van der Waals surface area contributed by atoms with Gasteiger partial charge >= 0.3 is 0 Å². The Balaban J connectivity index is 2.81. The molecule has 3 nitrogen and oxygen atoms in total. The van der Waals surface area contributed by atoms with Crippen LogP contribution in [0.25, 0.3) is 10.9 Å². The van der Waals surface area contributed by atoms with Crippen LogP contribution in [0.4, 0.5) is 0 Å². The molecule has 0 atom stereocenters. The van der Waals surface area contributed by atoms with E-state index in [0.29, 0.717) is 16.5 Å². The minimum Gasteiger partial charge on any atom is -0.495 e. The summed E-state index contributed by atoms with van der Waals surface area (Å²) >= 11 is 6.18. The molecule has 0 aliphatic heterocycles. The lowest BCUT2D eigenvalue weighted by Gasteiger charge is -2.04. The van der Waals surface area contributed by atoms with Gasteiger partial charge < -0.3 is 9.30 Å². The number of ether oxygens (including phenoxy) is 1. The molecule has 0 unspecified atom stereocenters. The number of carbonyl (C=O) groups is 1. The Hall–Kier alpha value is -1.48. The molecule has 0 saturated carbocycles. The molecule has 0 aliphatic carbocycles. The molecule has 0 N–H and O–H groups in total. The molecular weight excluding hydrogens is 226 g/mol. The summed E-state index contributed by atoms with van der Waals surface area (Å²) in [6, 6.07) is 5.49. The molecule has 1 aromatic carbocycles. The first-order valence-electron chi connectivity index (χ1n) is 4.89. The van der Waals surface area contributed by atoms with Crippen molar-refractivity contribution in [1.82, 2.24) is 4.57 Å². The molecule has 2 aromatic rings. The van der Waals surface area contributed by atoms with Crippen molar-refractivity contribution in [1.29, 1.82) is 0 Å². The Morgan fingerprint density at radius 1 is 1.44 bits per heavy atom. The van der Waals surface area contributed by atoms with Gasteiger partial charge in [0.15, 0.2) is 5.78 Å². The van der Waals surface area contributed by atoms with Crippen LogP contribution in [0.3, 0.4) is 0 Å². The van der Waals surface area contributed by atoms with Crippen LogP contribution < -0.4 is 4.74 Å². The van der Waals surface area contributed by atoms with E-state index in [0.717, 1.165) is 10.9 Å². The SMILES string of the molecule is COc1ccc2c(cc(C(C)=O)n2C)c1Cl. The molecule has 84 valence electrons. The van der Waals surface area contributed by atoms with Gasteiger partial charge in [-0.2, -0.15) is 0 Å². The standard InChI is InChI=1S/C12H12ClNO2/c1-7(15)10-6-8-9(14(10)2)4-5-11(16-3)12(8)13/h4-6H,1-3H3. The van der Waals surface area contributed by atoms with E-state index in [1.54, 1.807) is 26.2 Å². The largest absolute Gasteiger partial charge is 0.495 e. The number of halogens is 1. The minimum absolute atomic E-state index is 0.0220. The summed E-state index contributed by atoms with van der Waals surface area (Å²) in [5.41, 5.74) is 1.57. The molecule has 4 heteroatoms. The topological polar surface area (TPSA) is 31.2 Å². The summed E-state index contributed by atoms with van der Waals surface area (Å²) in [5, 5.41) is 1.39. The second kappa shape index (κ2) is 3.83. The summed E-state index contributed by atoms with van der Waals surface area (Å²) < 4.78 is 6.97. The van der Waals surface area contributed by atoms with E-state index in [1.807, 2.05) is 17.7 Å². The van der Waals surface area contributed by atoms with Crippen LogP contribution in [0, 0.1) is 0 Å². The maximum Gasteiger partial charge on any atom is 0.176 e. The number of hydrogen-bond acceptors (Lipinski definition) is 2. The minimum atomic E-state index is 0.0220. The van der Waals surface area contributed by atoms with Gasteiger partial charge in [-0.1, -0.05) is 11.6 Å². The molecule has 0 aliphatic rings. The summed E-state index contributed by atoms with van der Waals surface area (Å²) in [4.78, 5) is 11.4. The highest BCUT2D eigenvalue weighted by Crippen LogP contribution is 2.34. The normalized spacial score (nSPS) is 10.8. The van der Waals surface area contributed by atoms with Crippen molar-refractivity contribution in [2.75, 3.05) is 7.11 Å². The van der Waals surface area contributed by atoms with Crippen molar-refractivity contribution in [3.05, 3.63) is 28.9 Å². The number of methoxy groups -OCH3 is 1. The van der Waals surface area contributed by atoms with Gasteiger partial charge in [-0.3, -0.25) is 4.79 Å². The number of aryl methyl sites for hydroxylation is 1. The first-order valence-corrected chi connectivity index (χ1v) is 5.27. The molecule has 0 radical (unpaired) electrons. The van der Waals surface area contributed by atoms with Crippen molar-refractivity contribution in [2.45, 2.75) is 6.92 Å². The predicted molar refractivity (Wildman–Crippen MR) is 64.5 cm³/mol. The van der Waals surface area contributed by atoms with Gasteiger partial charge in [0.1, 0.15) is 5.75 Å². The van der Waals surface area contributed by atoms with E-state index >= 15 is 0 Å². The second-order valence-corrected chi connectivity index (χ2v) is 4.04. The number of aromatic nitrogens is 1. The Kier molecular flexibility index (Phi) is 2.64. The van der Waals surface area contributed by atoms with E-state index in [1.165, 1.54) is 0 Å². The predicted octanol–water partition coefficient (Wildman–Crippen LogP) is 3.04. The average molecular weight is 238 g/mol. The third-order valence-corrected chi connectivity index (χ3v) is 3.10. The first kappa shape index (κ1) is 11.0. The van der Waals surface area contributed by atoms with Crippen LogP contribution in [0.1, 0.15) is 17.4 Å². The first-order chi connectivity index (χ1) is 7.56. The highest BCUT2D eigenvalue weighted by molar-refractivity contribution is 6.37. The van der Waals surface area contributed by atoms with Crippen molar-refractivity contribution in [3.63, 3.8) is 0 Å². The van der Waals surface area contributed by atoms with Crippen LogP contribution in [0.15, 0.2) is 18.2 Å². The number of carbonyl (C=O) groups excluding carboxylic acids is 1. The van der Waals surface area contributed by atoms with Crippen molar-refractivity contribution in [2.24, 2.45) is 7.05 Å². The van der Waals surface area contributed by atoms with E-state index in [4.69, 9.17) is 16.3 Å². The van der Waals surface area contributed by atoms with Crippen LogP contribution in [0.2, 0.25) is 5.02 Å². The summed E-state index contributed by atoms with van der Waals surface area (Å²) in [5.74, 6) is 0.642. The number of benzene rings is 1. The Labute approximate surface area is 98.6 Å². The zero-order valence-electron chi connectivity index (χ0n) is 9.37. The van der Waals surface area contributed by atoms with Gasteiger partial charge in [-0.15, -0.1) is 0 Å². The third kappa shape index (κ3) is 1.48. The molecular formula is C12H12ClNO2. The highest BCUT2D eigenvalue weighted by Gasteiger charge is 2.14. The number of rotatable bonds is 2. The van der Waals surface area contributed by atoms with Gasteiger partial charge in [-0.05, 0) is 18.2 Å². The van der Waals surface area contributed by atoms with E-state index < -0.39 is 0 Å². The van der Waals surface area contributed by atoms with Crippen LogP contribution in [0.5, 0.6) is 5.75 Å². The van der Waals surface area contributed by atoms with Gasteiger partial charge in [0.2, 0.25) is 0 Å². The summed E-state index contributed by atoms with van der Waals surface area (Å²) in [6.07, 6.45) is 0. The number of hydrogen-bond donors (Lipinski definition) is 0. The number of nitrogens with zero attached hydrogens (tertiary/aromatic N) is 1. The average Bonchev–Trinajstić information content (AvgIpc) is 2.58. The van der Waals surface area contributed by atoms with Crippen molar-refractivity contribution in [3.8, 4) is 5.75 Å². The zero-order valence-corrected chi connectivity index (χ0v) is 10.1. The molecule has 0 bridgehead atoms. The van der Waals surface area contributed by atoms with Crippen molar-refractivity contribution >= 4 is 28.3 Å². The van der Waals surface area contributed by atoms with Gasteiger partial charge in [0, 0.05) is 19.4 Å². The Morgan fingerprint density at radius 2 is 2.12 bits per heavy atom. The summed E-state index contributed by atoms with van der Waals surface area (Å²) in [7, 11) is 3.42. The second-order valence-electron chi connectivity index (χ2n) is 3.66. The van der Waals surface area contributed by atoms with E-state index in [-0.39, 0.29) is 5.78 Å². The van der Waals surface area contributed by atoms with Crippen LogP contribution in [-0.4, -0.2) is 17.5 Å². The Morgan fingerprint density at radius 3 is 2.69 bits per heavy atom. The molecule has 1 heterocycles. The fourth-order valence-electron chi connectivity index (χ4n) is 1.85.